The van der Waals surface area contributed by atoms with Crippen molar-refractivity contribution in [3.05, 3.63) is 71.0 Å². The van der Waals surface area contributed by atoms with Crippen molar-refractivity contribution in [1.29, 1.82) is 0 Å². The molecule has 1 aromatic heterocycles. The lowest BCUT2D eigenvalue weighted by atomic mass is 9.86. The number of pyridine rings is 1. The van der Waals surface area contributed by atoms with Crippen LogP contribution in [-0.2, 0) is 14.9 Å². The Labute approximate surface area is 135 Å². The molecule has 0 unspecified atom stereocenters. The zero-order valence-corrected chi connectivity index (χ0v) is 13.4. The molecule has 1 heterocycles. The third-order valence-electron chi connectivity index (χ3n) is 3.38. The van der Waals surface area contributed by atoms with Crippen LogP contribution in [-0.4, -0.2) is 17.6 Å². The van der Waals surface area contributed by atoms with Crippen LogP contribution < -0.4 is 0 Å². The SMILES string of the molecule is CC(C)(C(=O)OC/C=C/c1ccc(Cl)cc1)c1cccnc1. The Morgan fingerprint density at radius 3 is 2.64 bits per heavy atom. The summed E-state index contributed by atoms with van der Waals surface area (Å²) in [5, 5.41) is 0.696. The summed E-state index contributed by atoms with van der Waals surface area (Å²) in [5.74, 6) is -0.277. The number of nitrogens with zero attached hydrogens (tertiary/aromatic N) is 1. The molecule has 4 heteroatoms. The van der Waals surface area contributed by atoms with Gasteiger partial charge in [-0.05, 0) is 49.2 Å². The molecule has 0 amide bonds. The molecule has 0 N–H and O–H groups in total. The summed E-state index contributed by atoms with van der Waals surface area (Å²) in [4.78, 5) is 16.3. The minimum Gasteiger partial charge on any atom is -0.461 e. The standard InChI is InChI=1S/C18H18ClNO2/c1-18(2,15-6-3-11-20-13-15)17(21)22-12-4-5-14-7-9-16(19)10-8-14/h3-11,13H,12H2,1-2H3/b5-4+. The quantitative estimate of drug-likeness (QED) is 0.773. The average molecular weight is 316 g/mol. The predicted molar refractivity (Wildman–Crippen MR) is 88.7 cm³/mol. The predicted octanol–water partition coefficient (Wildman–Crippen LogP) is 4.27. The van der Waals surface area contributed by atoms with Crippen LogP contribution in [0.4, 0.5) is 0 Å². The van der Waals surface area contributed by atoms with Crippen LogP contribution in [0.5, 0.6) is 0 Å². The first-order valence-electron chi connectivity index (χ1n) is 7.00. The summed E-state index contributed by atoms with van der Waals surface area (Å²) in [6.07, 6.45) is 7.06. The fourth-order valence-electron chi connectivity index (χ4n) is 1.91. The van der Waals surface area contributed by atoms with Crippen LogP contribution >= 0.6 is 11.6 Å². The molecule has 0 saturated heterocycles. The van der Waals surface area contributed by atoms with Gasteiger partial charge < -0.3 is 4.74 Å². The van der Waals surface area contributed by atoms with Crippen molar-refractivity contribution in [2.24, 2.45) is 0 Å². The normalized spacial score (nSPS) is 11.6. The summed E-state index contributed by atoms with van der Waals surface area (Å²) < 4.78 is 5.33. The zero-order chi connectivity index (χ0) is 16.0. The summed E-state index contributed by atoms with van der Waals surface area (Å²) in [6, 6.07) is 11.1. The zero-order valence-electron chi connectivity index (χ0n) is 12.6. The van der Waals surface area contributed by atoms with Gasteiger partial charge in [-0.15, -0.1) is 0 Å². The number of carbonyl (C=O) groups is 1. The highest BCUT2D eigenvalue weighted by Crippen LogP contribution is 2.23. The van der Waals surface area contributed by atoms with E-state index in [9.17, 15) is 4.79 Å². The highest BCUT2D eigenvalue weighted by Gasteiger charge is 2.31. The first-order valence-corrected chi connectivity index (χ1v) is 7.38. The minimum atomic E-state index is -0.720. The van der Waals surface area contributed by atoms with E-state index < -0.39 is 5.41 Å². The number of hydrogen-bond donors (Lipinski definition) is 0. The van der Waals surface area contributed by atoms with Gasteiger partial charge in [-0.1, -0.05) is 35.9 Å². The van der Waals surface area contributed by atoms with E-state index in [1.54, 1.807) is 18.5 Å². The van der Waals surface area contributed by atoms with Crippen LogP contribution in [0.15, 0.2) is 54.9 Å². The number of esters is 1. The fourth-order valence-corrected chi connectivity index (χ4v) is 2.04. The maximum Gasteiger partial charge on any atom is 0.316 e. The fraction of sp³-hybridized carbons (Fsp3) is 0.222. The molecule has 0 aliphatic rings. The van der Waals surface area contributed by atoms with Crippen molar-refractivity contribution in [3.8, 4) is 0 Å². The lowest BCUT2D eigenvalue weighted by molar-refractivity contribution is -0.148. The van der Waals surface area contributed by atoms with Crippen molar-refractivity contribution < 1.29 is 9.53 Å². The van der Waals surface area contributed by atoms with E-state index in [2.05, 4.69) is 4.98 Å². The van der Waals surface area contributed by atoms with Gasteiger partial charge in [-0.2, -0.15) is 0 Å². The molecule has 22 heavy (non-hydrogen) atoms. The molecule has 0 fully saturated rings. The molecule has 0 aliphatic carbocycles. The largest absolute Gasteiger partial charge is 0.461 e. The molecule has 3 nitrogen and oxygen atoms in total. The highest BCUT2D eigenvalue weighted by atomic mass is 35.5. The summed E-state index contributed by atoms with van der Waals surface area (Å²) in [5.41, 5.74) is 1.12. The van der Waals surface area contributed by atoms with E-state index in [0.717, 1.165) is 11.1 Å². The molecule has 0 aliphatic heterocycles. The lowest BCUT2D eigenvalue weighted by Gasteiger charge is -2.22. The summed E-state index contributed by atoms with van der Waals surface area (Å²) in [7, 11) is 0. The Morgan fingerprint density at radius 2 is 2.00 bits per heavy atom. The first kappa shape index (κ1) is 16.2. The molecule has 1 aromatic carbocycles. The van der Waals surface area contributed by atoms with Crippen LogP contribution in [0, 0.1) is 0 Å². The van der Waals surface area contributed by atoms with Gasteiger partial charge in [0.2, 0.25) is 0 Å². The van der Waals surface area contributed by atoms with E-state index in [-0.39, 0.29) is 12.6 Å². The number of benzene rings is 1. The molecule has 0 saturated carbocycles. The Balaban J connectivity index is 1.91. The number of ether oxygens (including phenoxy) is 1. The Kier molecular flexibility index (Phi) is 5.34. The monoisotopic (exact) mass is 315 g/mol. The van der Waals surface area contributed by atoms with Gasteiger partial charge in [0.1, 0.15) is 6.61 Å². The number of rotatable bonds is 5. The molecule has 0 atom stereocenters. The summed E-state index contributed by atoms with van der Waals surface area (Å²) in [6.45, 7) is 3.88. The van der Waals surface area contributed by atoms with Crippen molar-refractivity contribution in [2.45, 2.75) is 19.3 Å². The van der Waals surface area contributed by atoms with E-state index in [4.69, 9.17) is 16.3 Å². The van der Waals surface area contributed by atoms with Gasteiger partial charge in [-0.25, -0.2) is 0 Å². The van der Waals surface area contributed by atoms with Crippen LogP contribution in [0.1, 0.15) is 25.0 Å². The van der Waals surface area contributed by atoms with Gasteiger partial charge in [0, 0.05) is 17.4 Å². The molecule has 0 bridgehead atoms. The molecule has 0 spiro atoms. The van der Waals surface area contributed by atoms with Crippen molar-refractivity contribution in [1.82, 2.24) is 4.98 Å². The number of carbonyl (C=O) groups excluding carboxylic acids is 1. The van der Waals surface area contributed by atoms with Crippen LogP contribution in [0.3, 0.4) is 0 Å². The molecule has 0 radical (unpaired) electrons. The third-order valence-corrected chi connectivity index (χ3v) is 3.64. The number of aromatic nitrogens is 1. The van der Waals surface area contributed by atoms with Crippen molar-refractivity contribution >= 4 is 23.6 Å². The molecule has 2 aromatic rings. The molecule has 2 rings (SSSR count). The molecular weight excluding hydrogens is 298 g/mol. The summed E-state index contributed by atoms with van der Waals surface area (Å²) >= 11 is 5.82. The number of hydrogen-bond acceptors (Lipinski definition) is 3. The molecular formula is C18H18ClNO2. The number of halogens is 1. The Bertz CT molecular complexity index is 649. The molecule has 114 valence electrons. The van der Waals surface area contributed by atoms with Gasteiger partial charge >= 0.3 is 5.97 Å². The average Bonchev–Trinajstić information content (AvgIpc) is 2.54. The first-order chi connectivity index (χ1) is 10.5. The van der Waals surface area contributed by atoms with Crippen molar-refractivity contribution in [3.63, 3.8) is 0 Å². The van der Waals surface area contributed by atoms with E-state index in [0.29, 0.717) is 5.02 Å². The second kappa shape index (κ2) is 7.23. The van der Waals surface area contributed by atoms with Gasteiger partial charge in [0.25, 0.3) is 0 Å². The maximum atomic E-state index is 12.2. The van der Waals surface area contributed by atoms with Crippen LogP contribution in [0.2, 0.25) is 5.02 Å². The smallest absolute Gasteiger partial charge is 0.316 e. The lowest BCUT2D eigenvalue weighted by Crippen LogP contribution is -2.31. The highest BCUT2D eigenvalue weighted by molar-refractivity contribution is 6.30. The second-order valence-electron chi connectivity index (χ2n) is 5.42. The topological polar surface area (TPSA) is 39.2 Å². The minimum absolute atomic E-state index is 0.227. The third kappa shape index (κ3) is 4.18. The Hall–Kier alpha value is -2.13. The van der Waals surface area contributed by atoms with E-state index in [1.807, 2.05) is 56.3 Å². The maximum absolute atomic E-state index is 12.2. The van der Waals surface area contributed by atoms with E-state index >= 15 is 0 Å². The van der Waals surface area contributed by atoms with E-state index in [1.165, 1.54) is 0 Å². The second-order valence-corrected chi connectivity index (χ2v) is 5.86. The Morgan fingerprint density at radius 1 is 1.27 bits per heavy atom. The van der Waals surface area contributed by atoms with Gasteiger partial charge in [0.05, 0.1) is 5.41 Å². The van der Waals surface area contributed by atoms with Gasteiger partial charge in [-0.3, -0.25) is 9.78 Å². The van der Waals surface area contributed by atoms with Crippen LogP contribution in [0.25, 0.3) is 6.08 Å². The van der Waals surface area contributed by atoms with Crippen molar-refractivity contribution in [2.75, 3.05) is 6.61 Å². The van der Waals surface area contributed by atoms with Gasteiger partial charge in [0.15, 0.2) is 0 Å².